The van der Waals surface area contributed by atoms with E-state index in [9.17, 15) is 0 Å². The molecule has 0 aliphatic heterocycles. The zero-order valence-electron chi connectivity index (χ0n) is 10.2. The van der Waals surface area contributed by atoms with Crippen LogP contribution in [0.3, 0.4) is 0 Å². The molecule has 0 heterocycles. The molecule has 0 bridgehead atoms. The van der Waals surface area contributed by atoms with Crippen molar-refractivity contribution in [2.24, 2.45) is 0 Å². The summed E-state index contributed by atoms with van der Waals surface area (Å²) in [6.07, 6.45) is 1.02. The second kappa shape index (κ2) is 6.86. The van der Waals surface area contributed by atoms with Crippen LogP contribution in [0.5, 0.6) is 0 Å². The van der Waals surface area contributed by atoms with Crippen LogP contribution in [-0.4, -0.2) is 7.05 Å². The molecule has 1 unspecified atom stereocenters. The molecule has 1 atom stereocenters. The van der Waals surface area contributed by atoms with Crippen molar-refractivity contribution in [2.45, 2.75) is 12.5 Å². The van der Waals surface area contributed by atoms with Gasteiger partial charge in [0, 0.05) is 13.2 Å². The lowest BCUT2D eigenvalue weighted by Crippen LogP contribution is -2.18. The molecule has 0 aliphatic carbocycles. The highest BCUT2D eigenvalue weighted by Crippen LogP contribution is 2.20. The highest BCUT2D eigenvalue weighted by Gasteiger charge is 2.10. The Morgan fingerprint density at radius 1 is 1.00 bits per heavy atom. The minimum absolute atomic E-state index is 0.375. The average molecular weight is 463 g/mol. The van der Waals surface area contributed by atoms with Crippen molar-refractivity contribution in [2.75, 3.05) is 7.05 Å². The number of rotatable bonds is 4. The molecule has 0 aromatic heterocycles. The number of benzene rings is 2. The molecule has 0 saturated heterocycles. The van der Waals surface area contributed by atoms with Crippen molar-refractivity contribution in [3.05, 3.63) is 66.8 Å². The number of likely N-dealkylation sites (N-methyl/N-ethyl adjacent to an activating group) is 1. The van der Waals surface area contributed by atoms with Crippen molar-refractivity contribution < 1.29 is 0 Å². The van der Waals surface area contributed by atoms with E-state index in [4.69, 9.17) is 0 Å². The van der Waals surface area contributed by atoms with Crippen LogP contribution in [0.4, 0.5) is 0 Å². The van der Waals surface area contributed by atoms with Crippen LogP contribution in [-0.2, 0) is 6.42 Å². The zero-order valence-corrected chi connectivity index (χ0v) is 14.5. The number of hydrogen-bond donors (Lipinski definition) is 1. The van der Waals surface area contributed by atoms with E-state index in [1.54, 1.807) is 0 Å². The highest BCUT2D eigenvalue weighted by molar-refractivity contribution is 14.1. The first-order valence-electron chi connectivity index (χ1n) is 5.86. The summed E-state index contributed by atoms with van der Waals surface area (Å²) in [6, 6.07) is 17.8. The Hall–Kier alpha value is -0.140. The Labute approximate surface area is 136 Å². The number of nitrogens with one attached hydrogen (secondary N) is 1. The van der Waals surface area contributed by atoms with E-state index in [0.29, 0.717) is 6.04 Å². The lowest BCUT2D eigenvalue weighted by molar-refractivity contribution is 0.592. The van der Waals surface area contributed by atoms with Gasteiger partial charge in [0.1, 0.15) is 0 Å². The summed E-state index contributed by atoms with van der Waals surface area (Å²) in [5.41, 5.74) is 2.72. The lowest BCUT2D eigenvalue weighted by atomic mass is 9.99. The molecule has 1 nitrogen and oxygen atoms in total. The third-order valence-electron chi connectivity index (χ3n) is 2.95. The molecule has 3 heteroatoms. The van der Waals surface area contributed by atoms with Gasteiger partial charge in [-0.2, -0.15) is 0 Å². The minimum Gasteiger partial charge on any atom is -0.313 e. The molecule has 0 amide bonds. The summed E-state index contributed by atoms with van der Waals surface area (Å²) in [6.45, 7) is 0. The maximum absolute atomic E-state index is 3.40. The van der Waals surface area contributed by atoms with Gasteiger partial charge in [0.25, 0.3) is 0 Å². The van der Waals surface area contributed by atoms with E-state index in [1.165, 1.54) is 18.3 Å². The Balaban J connectivity index is 2.17. The average Bonchev–Trinajstić information content (AvgIpc) is 2.38. The molecule has 2 aromatic rings. The molecule has 2 rings (SSSR count). The Morgan fingerprint density at radius 3 is 2.33 bits per heavy atom. The SMILES string of the molecule is CNC(Cc1ccc(I)cc1)c1cccc(I)c1. The molecule has 18 heavy (non-hydrogen) atoms. The summed E-state index contributed by atoms with van der Waals surface area (Å²) < 4.78 is 2.57. The van der Waals surface area contributed by atoms with E-state index in [2.05, 4.69) is 99.0 Å². The van der Waals surface area contributed by atoms with Gasteiger partial charge in [0.05, 0.1) is 0 Å². The van der Waals surface area contributed by atoms with Crippen LogP contribution in [0.15, 0.2) is 48.5 Å². The Bertz CT molecular complexity index is 508. The van der Waals surface area contributed by atoms with Crippen LogP contribution >= 0.6 is 45.2 Å². The first kappa shape index (κ1) is 14.3. The van der Waals surface area contributed by atoms with Gasteiger partial charge < -0.3 is 5.32 Å². The molecule has 0 radical (unpaired) electrons. The van der Waals surface area contributed by atoms with Gasteiger partial charge in [-0.3, -0.25) is 0 Å². The highest BCUT2D eigenvalue weighted by atomic mass is 127. The maximum atomic E-state index is 3.40. The van der Waals surface area contributed by atoms with Gasteiger partial charge in [0.2, 0.25) is 0 Å². The summed E-state index contributed by atoms with van der Waals surface area (Å²) >= 11 is 4.70. The molecule has 0 fully saturated rings. The quantitative estimate of drug-likeness (QED) is 0.664. The molecule has 0 saturated carbocycles. The molecular weight excluding hydrogens is 448 g/mol. The smallest absolute Gasteiger partial charge is 0.0358 e. The van der Waals surface area contributed by atoms with Gasteiger partial charge in [-0.25, -0.2) is 0 Å². The first-order chi connectivity index (χ1) is 8.69. The molecular formula is C15H15I2N. The molecule has 0 aliphatic rings. The third kappa shape index (κ3) is 3.93. The van der Waals surface area contributed by atoms with Gasteiger partial charge in [0.15, 0.2) is 0 Å². The fourth-order valence-electron chi connectivity index (χ4n) is 1.97. The lowest BCUT2D eigenvalue weighted by Gasteiger charge is -2.17. The van der Waals surface area contributed by atoms with Crippen molar-refractivity contribution >= 4 is 45.2 Å². The minimum atomic E-state index is 0.375. The van der Waals surface area contributed by atoms with Crippen molar-refractivity contribution in [1.82, 2.24) is 5.32 Å². The monoisotopic (exact) mass is 463 g/mol. The van der Waals surface area contributed by atoms with Gasteiger partial charge in [-0.1, -0.05) is 24.3 Å². The van der Waals surface area contributed by atoms with Gasteiger partial charge in [-0.15, -0.1) is 0 Å². The first-order valence-corrected chi connectivity index (χ1v) is 8.02. The maximum Gasteiger partial charge on any atom is 0.0358 e. The van der Waals surface area contributed by atoms with Crippen LogP contribution < -0.4 is 5.32 Å². The van der Waals surface area contributed by atoms with Gasteiger partial charge in [-0.05, 0) is 94.0 Å². The van der Waals surface area contributed by atoms with E-state index in [1.807, 2.05) is 7.05 Å². The topological polar surface area (TPSA) is 12.0 Å². The van der Waals surface area contributed by atoms with Crippen molar-refractivity contribution in [3.63, 3.8) is 0 Å². The van der Waals surface area contributed by atoms with Crippen LogP contribution in [0.1, 0.15) is 17.2 Å². The van der Waals surface area contributed by atoms with Crippen LogP contribution in [0.25, 0.3) is 0 Å². The van der Waals surface area contributed by atoms with Crippen molar-refractivity contribution in [1.29, 1.82) is 0 Å². The van der Waals surface area contributed by atoms with E-state index < -0.39 is 0 Å². The summed E-state index contributed by atoms with van der Waals surface area (Å²) in [5, 5.41) is 3.40. The molecule has 2 aromatic carbocycles. The fourth-order valence-corrected chi connectivity index (χ4v) is 2.89. The predicted octanol–water partition coefficient (Wildman–Crippen LogP) is 4.40. The second-order valence-electron chi connectivity index (χ2n) is 4.23. The standard InChI is InChI=1S/C15H15I2N/c1-18-15(12-3-2-4-14(17)10-12)9-11-5-7-13(16)8-6-11/h2-8,10,15,18H,9H2,1H3. The number of hydrogen-bond acceptors (Lipinski definition) is 1. The third-order valence-corrected chi connectivity index (χ3v) is 4.34. The van der Waals surface area contributed by atoms with E-state index in [-0.39, 0.29) is 0 Å². The fraction of sp³-hybridized carbons (Fsp3) is 0.200. The molecule has 0 spiro atoms. The second-order valence-corrected chi connectivity index (χ2v) is 6.72. The predicted molar refractivity (Wildman–Crippen MR) is 93.8 cm³/mol. The van der Waals surface area contributed by atoms with Crippen molar-refractivity contribution in [3.8, 4) is 0 Å². The van der Waals surface area contributed by atoms with Crippen LogP contribution in [0.2, 0.25) is 0 Å². The largest absolute Gasteiger partial charge is 0.313 e. The normalized spacial score (nSPS) is 12.4. The zero-order chi connectivity index (χ0) is 13.0. The van der Waals surface area contributed by atoms with E-state index >= 15 is 0 Å². The number of halogens is 2. The van der Waals surface area contributed by atoms with Gasteiger partial charge >= 0.3 is 0 Å². The Morgan fingerprint density at radius 2 is 1.72 bits per heavy atom. The Kier molecular flexibility index (Phi) is 5.44. The van der Waals surface area contributed by atoms with Crippen LogP contribution in [0, 0.1) is 7.14 Å². The van der Waals surface area contributed by atoms with E-state index in [0.717, 1.165) is 6.42 Å². The molecule has 1 N–H and O–H groups in total. The summed E-state index contributed by atoms with van der Waals surface area (Å²) in [5.74, 6) is 0. The molecule has 94 valence electrons. The summed E-state index contributed by atoms with van der Waals surface area (Å²) in [7, 11) is 2.03. The summed E-state index contributed by atoms with van der Waals surface area (Å²) in [4.78, 5) is 0.